The smallest absolute Gasteiger partial charge is 0.265 e. The van der Waals surface area contributed by atoms with Crippen molar-refractivity contribution in [2.75, 3.05) is 24.1 Å². The van der Waals surface area contributed by atoms with Crippen LogP contribution in [0.15, 0.2) is 0 Å². The molecule has 0 aliphatic heterocycles. The van der Waals surface area contributed by atoms with Crippen molar-refractivity contribution in [3.8, 4) is 0 Å². The van der Waals surface area contributed by atoms with Crippen molar-refractivity contribution in [3.63, 3.8) is 0 Å². The molecule has 0 atom stereocenters. The first-order valence-electron chi connectivity index (χ1n) is 6.11. The van der Waals surface area contributed by atoms with E-state index in [0.29, 0.717) is 23.0 Å². The molecule has 106 valence electrons. The summed E-state index contributed by atoms with van der Waals surface area (Å²) in [5.41, 5.74) is 10.7. The van der Waals surface area contributed by atoms with Gasteiger partial charge < -0.3 is 22.1 Å². The topological polar surface area (TPSA) is 123 Å². The van der Waals surface area contributed by atoms with Crippen LogP contribution >= 0.6 is 11.3 Å². The van der Waals surface area contributed by atoms with E-state index < -0.39 is 0 Å². The second-order valence-corrected chi connectivity index (χ2v) is 4.98. The van der Waals surface area contributed by atoms with E-state index in [1.807, 2.05) is 6.92 Å². The summed E-state index contributed by atoms with van der Waals surface area (Å²) in [7, 11) is 0. The van der Waals surface area contributed by atoms with Crippen LogP contribution in [0.3, 0.4) is 0 Å². The van der Waals surface area contributed by atoms with E-state index in [2.05, 4.69) is 15.6 Å². The first kappa shape index (κ1) is 15.2. The first-order chi connectivity index (χ1) is 9.04. The molecule has 0 spiro atoms. The molecule has 0 aromatic carbocycles. The highest BCUT2D eigenvalue weighted by molar-refractivity contribution is 7.18. The van der Waals surface area contributed by atoms with Crippen molar-refractivity contribution in [2.24, 2.45) is 5.73 Å². The normalized spacial score (nSPS) is 10.2. The second kappa shape index (κ2) is 7.57. The number of primary amides is 1. The highest BCUT2D eigenvalue weighted by Gasteiger charge is 2.15. The number of nitrogens with two attached hydrogens (primary N) is 2. The SMILES string of the molecule is CCCNc1nc(N)c(C(=O)NCCCC(N)=O)s1. The minimum Gasteiger partial charge on any atom is -0.382 e. The molecule has 1 aromatic rings. The Morgan fingerprint density at radius 3 is 2.74 bits per heavy atom. The summed E-state index contributed by atoms with van der Waals surface area (Å²) in [4.78, 5) is 26.8. The lowest BCUT2D eigenvalue weighted by Gasteiger charge is -2.02. The molecule has 0 unspecified atom stereocenters. The molecular weight excluding hydrogens is 266 g/mol. The van der Waals surface area contributed by atoms with Crippen molar-refractivity contribution < 1.29 is 9.59 Å². The van der Waals surface area contributed by atoms with Gasteiger partial charge in [0.05, 0.1) is 0 Å². The van der Waals surface area contributed by atoms with Gasteiger partial charge in [-0.15, -0.1) is 0 Å². The number of carbonyl (C=O) groups is 2. The lowest BCUT2D eigenvalue weighted by Crippen LogP contribution is -2.25. The van der Waals surface area contributed by atoms with Crippen molar-refractivity contribution in [1.82, 2.24) is 10.3 Å². The Labute approximate surface area is 115 Å². The van der Waals surface area contributed by atoms with Gasteiger partial charge in [-0.05, 0) is 12.8 Å². The molecule has 0 bridgehead atoms. The van der Waals surface area contributed by atoms with Crippen LogP contribution in [0, 0.1) is 0 Å². The molecule has 7 nitrogen and oxygen atoms in total. The number of aromatic nitrogens is 1. The summed E-state index contributed by atoms with van der Waals surface area (Å²) in [6.45, 7) is 3.21. The van der Waals surface area contributed by atoms with Crippen molar-refractivity contribution >= 4 is 34.1 Å². The first-order valence-corrected chi connectivity index (χ1v) is 6.93. The number of carbonyl (C=O) groups excluding carboxylic acids is 2. The number of nitrogen functional groups attached to an aromatic ring is 1. The number of amides is 2. The Hall–Kier alpha value is -1.83. The zero-order chi connectivity index (χ0) is 14.3. The van der Waals surface area contributed by atoms with Crippen LogP contribution in [0.4, 0.5) is 10.9 Å². The molecule has 6 N–H and O–H groups in total. The fourth-order valence-corrected chi connectivity index (χ4v) is 2.17. The van der Waals surface area contributed by atoms with Gasteiger partial charge in [0.25, 0.3) is 5.91 Å². The maximum Gasteiger partial charge on any atom is 0.265 e. The van der Waals surface area contributed by atoms with Crippen molar-refractivity contribution in [2.45, 2.75) is 26.2 Å². The van der Waals surface area contributed by atoms with Gasteiger partial charge in [-0.25, -0.2) is 4.98 Å². The van der Waals surface area contributed by atoms with Gasteiger partial charge >= 0.3 is 0 Å². The van der Waals surface area contributed by atoms with E-state index in [4.69, 9.17) is 11.5 Å². The van der Waals surface area contributed by atoms with E-state index in [1.165, 1.54) is 11.3 Å². The number of rotatable bonds is 8. The monoisotopic (exact) mass is 285 g/mol. The summed E-state index contributed by atoms with van der Waals surface area (Å²) in [5, 5.41) is 6.40. The molecule has 1 heterocycles. The van der Waals surface area contributed by atoms with E-state index in [1.54, 1.807) is 0 Å². The van der Waals surface area contributed by atoms with Gasteiger partial charge in [-0.3, -0.25) is 9.59 Å². The van der Waals surface area contributed by atoms with Crippen LogP contribution < -0.4 is 22.1 Å². The molecule has 2 amide bonds. The summed E-state index contributed by atoms with van der Waals surface area (Å²) in [6.07, 6.45) is 1.73. The van der Waals surface area contributed by atoms with Gasteiger partial charge in [-0.2, -0.15) is 0 Å². The van der Waals surface area contributed by atoms with Crippen LogP contribution in [-0.4, -0.2) is 29.9 Å². The highest BCUT2D eigenvalue weighted by atomic mass is 32.1. The third-order valence-electron chi connectivity index (χ3n) is 2.27. The summed E-state index contributed by atoms with van der Waals surface area (Å²) in [6, 6.07) is 0. The van der Waals surface area contributed by atoms with Crippen LogP contribution in [0.2, 0.25) is 0 Å². The minimum absolute atomic E-state index is 0.219. The van der Waals surface area contributed by atoms with Crippen molar-refractivity contribution in [1.29, 1.82) is 0 Å². The third kappa shape index (κ3) is 5.12. The van der Waals surface area contributed by atoms with Crippen LogP contribution in [0.1, 0.15) is 35.9 Å². The number of anilines is 2. The molecule has 8 heteroatoms. The summed E-state index contributed by atoms with van der Waals surface area (Å²) in [5.74, 6) is -0.433. The zero-order valence-corrected chi connectivity index (χ0v) is 11.7. The van der Waals surface area contributed by atoms with Gasteiger partial charge in [0.2, 0.25) is 5.91 Å². The largest absolute Gasteiger partial charge is 0.382 e. The summed E-state index contributed by atoms with van der Waals surface area (Å²) < 4.78 is 0. The number of nitrogens with one attached hydrogen (secondary N) is 2. The number of nitrogens with zero attached hydrogens (tertiary/aromatic N) is 1. The molecule has 0 aliphatic rings. The van der Waals surface area contributed by atoms with Crippen LogP contribution in [0.25, 0.3) is 0 Å². The molecule has 0 fully saturated rings. The van der Waals surface area contributed by atoms with E-state index in [9.17, 15) is 9.59 Å². The fourth-order valence-electron chi connectivity index (χ4n) is 1.35. The Morgan fingerprint density at radius 1 is 1.37 bits per heavy atom. The standard InChI is InChI=1S/C11H19N5O2S/c1-2-5-15-11-16-9(13)8(19-11)10(18)14-6-3-4-7(12)17/h2-6,13H2,1H3,(H2,12,17)(H,14,18)(H,15,16). The third-order valence-corrected chi connectivity index (χ3v) is 3.30. The molecule has 0 saturated carbocycles. The molecule has 19 heavy (non-hydrogen) atoms. The number of thiazole rings is 1. The molecule has 1 rings (SSSR count). The summed E-state index contributed by atoms with van der Waals surface area (Å²) >= 11 is 1.22. The van der Waals surface area contributed by atoms with E-state index in [0.717, 1.165) is 13.0 Å². The van der Waals surface area contributed by atoms with Gasteiger partial charge in [0, 0.05) is 19.5 Å². The second-order valence-electron chi connectivity index (χ2n) is 3.99. The lowest BCUT2D eigenvalue weighted by molar-refractivity contribution is -0.118. The average molecular weight is 285 g/mol. The average Bonchev–Trinajstić information content (AvgIpc) is 2.73. The van der Waals surface area contributed by atoms with Crippen molar-refractivity contribution in [3.05, 3.63) is 4.88 Å². The Morgan fingerprint density at radius 2 is 2.11 bits per heavy atom. The van der Waals surface area contributed by atoms with Gasteiger partial charge in [0.1, 0.15) is 10.7 Å². The number of hydrogen-bond acceptors (Lipinski definition) is 6. The Kier molecular flexibility index (Phi) is 6.07. The molecule has 1 aromatic heterocycles. The molecule has 0 radical (unpaired) electrons. The predicted octanol–water partition coefficient (Wildman–Crippen LogP) is 0.542. The van der Waals surface area contributed by atoms with E-state index >= 15 is 0 Å². The maximum atomic E-state index is 11.8. The lowest BCUT2D eigenvalue weighted by atomic mass is 10.3. The molecule has 0 aliphatic carbocycles. The minimum atomic E-state index is -0.377. The van der Waals surface area contributed by atoms with Crippen LogP contribution in [0.5, 0.6) is 0 Å². The van der Waals surface area contributed by atoms with Gasteiger partial charge in [-0.1, -0.05) is 18.3 Å². The molecule has 0 saturated heterocycles. The fraction of sp³-hybridized carbons (Fsp3) is 0.545. The Balaban J connectivity index is 2.47. The van der Waals surface area contributed by atoms with Crippen LogP contribution in [-0.2, 0) is 4.79 Å². The van der Waals surface area contributed by atoms with Gasteiger partial charge in [0.15, 0.2) is 5.13 Å². The number of hydrogen-bond donors (Lipinski definition) is 4. The quantitative estimate of drug-likeness (QED) is 0.519. The highest BCUT2D eigenvalue weighted by Crippen LogP contribution is 2.24. The maximum absolute atomic E-state index is 11.8. The zero-order valence-electron chi connectivity index (χ0n) is 10.9. The predicted molar refractivity (Wildman–Crippen MR) is 76.1 cm³/mol. The molecular formula is C11H19N5O2S. The van der Waals surface area contributed by atoms with E-state index in [-0.39, 0.29) is 24.1 Å². The Bertz CT molecular complexity index is 446.